The molecule has 0 N–H and O–H groups in total. The topological polar surface area (TPSA) is 73.8 Å². The van der Waals surface area contributed by atoms with Crippen LogP contribution in [-0.4, -0.2) is 59.2 Å². The van der Waals surface area contributed by atoms with Crippen molar-refractivity contribution in [3.05, 3.63) is 81.8 Å². The highest BCUT2D eigenvalue weighted by Crippen LogP contribution is 2.38. The zero-order valence-electron chi connectivity index (χ0n) is 20.6. The first-order valence-corrected chi connectivity index (χ1v) is 13.3. The van der Waals surface area contributed by atoms with E-state index in [-0.39, 0.29) is 23.6 Å². The molecular formula is C28H30N4O3S. The summed E-state index contributed by atoms with van der Waals surface area (Å²) in [6.45, 7) is 3.78. The maximum absolute atomic E-state index is 13.5. The van der Waals surface area contributed by atoms with E-state index >= 15 is 0 Å². The molecule has 0 radical (unpaired) electrons. The number of imide groups is 1. The lowest BCUT2D eigenvalue weighted by atomic mass is 9.94. The maximum atomic E-state index is 13.5. The van der Waals surface area contributed by atoms with Gasteiger partial charge in [-0.2, -0.15) is 0 Å². The van der Waals surface area contributed by atoms with Crippen molar-refractivity contribution in [1.29, 1.82) is 0 Å². The largest absolute Gasteiger partial charge is 0.370 e. The standard InChI is InChI=1S/C28H30N4O3S/c1-19(25-29-14-17-36-25)32-27(34)22-11-6-12-23(24(22)28(32)35)31-15-7-10-21(18-31)26(33)30(2)16-13-20-8-4-3-5-9-20/h3-6,8-9,11-12,14,17,19,21H,7,10,13,15-16,18H2,1-2H3. The van der Waals surface area contributed by atoms with Crippen molar-refractivity contribution in [2.75, 3.05) is 31.6 Å². The van der Waals surface area contributed by atoms with Gasteiger partial charge in [-0.15, -0.1) is 11.3 Å². The third kappa shape index (κ3) is 4.53. The normalized spacial score (nSPS) is 18.3. The molecule has 1 saturated heterocycles. The van der Waals surface area contributed by atoms with Gasteiger partial charge in [0, 0.05) is 38.3 Å². The van der Waals surface area contributed by atoms with E-state index in [0.717, 1.165) is 36.5 Å². The van der Waals surface area contributed by atoms with Crippen LogP contribution in [0.2, 0.25) is 0 Å². The zero-order chi connectivity index (χ0) is 25.2. The summed E-state index contributed by atoms with van der Waals surface area (Å²) in [5, 5.41) is 2.57. The average molecular weight is 503 g/mol. The van der Waals surface area contributed by atoms with Crippen LogP contribution in [0.15, 0.2) is 60.1 Å². The van der Waals surface area contributed by atoms with Gasteiger partial charge in [0.25, 0.3) is 11.8 Å². The first-order valence-electron chi connectivity index (χ1n) is 12.4. The minimum atomic E-state index is -0.431. The van der Waals surface area contributed by atoms with Gasteiger partial charge >= 0.3 is 0 Å². The molecule has 2 unspecified atom stereocenters. The van der Waals surface area contributed by atoms with Crippen molar-refractivity contribution in [2.24, 2.45) is 5.92 Å². The number of thiazole rings is 1. The molecule has 2 aliphatic heterocycles. The first-order chi connectivity index (χ1) is 17.5. The Bertz CT molecular complexity index is 1260. The van der Waals surface area contributed by atoms with Crippen molar-refractivity contribution in [1.82, 2.24) is 14.8 Å². The van der Waals surface area contributed by atoms with Crippen LogP contribution in [0.1, 0.15) is 57.1 Å². The fourth-order valence-electron chi connectivity index (χ4n) is 5.21. The van der Waals surface area contributed by atoms with Gasteiger partial charge in [0.05, 0.1) is 28.8 Å². The molecule has 36 heavy (non-hydrogen) atoms. The maximum Gasteiger partial charge on any atom is 0.264 e. The molecule has 1 fully saturated rings. The van der Waals surface area contributed by atoms with Crippen LogP contribution in [0, 0.1) is 5.92 Å². The number of carbonyl (C=O) groups is 3. The van der Waals surface area contributed by atoms with Crippen LogP contribution >= 0.6 is 11.3 Å². The van der Waals surface area contributed by atoms with Crippen molar-refractivity contribution >= 4 is 34.7 Å². The average Bonchev–Trinajstić information content (AvgIpc) is 3.54. The number of hydrogen-bond acceptors (Lipinski definition) is 6. The van der Waals surface area contributed by atoms with Gasteiger partial charge in [-0.3, -0.25) is 19.3 Å². The number of carbonyl (C=O) groups excluding carboxylic acids is 3. The number of rotatable bonds is 7. The molecule has 0 spiro atoms. The van der Waals surface area contributed by atoms with Gasteiger partial charge < -0.3 is 9.80 Å². The molecule has 0 bridgehead atoms. The summed E-state index contributed by atoms with van der Waals surface area (Å²) in [4.78, 5) is 49.6. The lowest BCUT2D eigenvalue weighted by Crippen LogP contribution is -2.44. The number of aromatic nitrogens is 1. The van der Waals surface area contributed by atoms with E-state index in [9.17, 15) is 14.4 Å². The molecule has 3 amide bonds. The Hall–Kier alpha value is -3.52. The van der Waals surface area contributed by atoms with E-state index in [2.05, 4.69) is 22.0 Å². The predicted octanol–water partition coefficient (Wildman–Crippen LogP) is 4.42. The van der Waals surface area contributed by atoms with Crippen LogP contribution in [0.4, 0.5) is 5.69 Å². The minimum Gasteiger partial charge on any atom is -0.370 e. The lowest BCUT2D eigenvalue weighted by Gasteiger charge is -2.36. The highest BCUT2D eigenvalue weighted by molar-refractivity contribution is 7.09. The zero-order valence-corrected chi connectivity index (χ0v) is 21.4. The Labute approximate surface area is 215 Å². The number of fused-ring (bicyclic) bond motifs is 1. The second-order valence-corrected chi connectivity index (χ2v) is 10.4. The SMILES string of the molecule is CC(c1nccs1)N1C(=O)c2cccc(N3CCCC(C(=O)N(C)CCc4ccccc4)C3)c2C1=O. The highest BCUT2D eigenvalue weighted by Gasteiger charge is 2.42. The lowest BCUT2D eigenvalue weighted by molar-refractivity contribution is -0.134. The highest BCUT2D eigenvalue weighted by atomic mass is 32.1. The molecule has 2 aliphatic rings. The smallest absolute Gasteiger partial charge is 0.264 e. The Balaban J connectivity index is 1.32. The molecular weight excluding hydrogens is 472 g/mol. The molecule has 186 valence electrons. The number of likely N-dealkylation sites (N-methyl/N-ethyl adjacent to an activating group) is 1. The quantitative estimate of drug-likeness (QED) is 0.447. The van der Waals surface area contributed by atoms with E-state index in [1.165, 1.54) is 21.8 Å². The third-order valence-electron chi connectivity index (χ3n) is 7.19. The molecule has 1 aromatic heterocycles. The van der Waals surface area contributed by atoms with Crippen molar-refractivity contribution in [3.63, 3.8) is 0 Å². The molecule has 2 atom stereocenters. The molecule has 5 rings (SSSR count). The van der Waals surface area contributed by atoms with Crippen molar-refractivity contribution in [2.45, 2.75) is 32.2 Å². The second kappa shape index (κ2) is 10.2. The minimum absolute atomic E-state index is 0.129. The molecule has 0 saturated carbocycles. The predicted molar refractivity (Wildman–Crippen MR) is 140 cm³/mol. The Kier molecular flexibility index (Phi) is 6.87. The van der Waals surface area contributed by atoms with Gasteiger partial charge in [0.15, 0.2) is 0 Å². The van der Waals surface area contributed by atoms with Gasteiger partial charge in [0.2, 0.25) is 5.91 Å². The molecule has 0 aliphatic carbocycles. The summed E-state index contributed by atoms with van der Waals surface area (Å²) in [5.74, 6) is -0.593. The summed E-state index contributed by atoms with van der Waals surface area (Å²) in [6, 6.07) is 15.2. The first kappa shape index (κ1) is 24.2. The van der Waals surface area contributed by atoms with Gasteiger partial charge in [-0.1, -0.05) is 36.4 Å². The van der Waals surface area contributed by atoms with E-state index in [1.54, 1.807) is 12.3 Å². The summed E-state index contributed by atoms with van der Waals surface area (Å²) >= 11 is 1.43. The Morgan fingerprint density at radius 2 is 1.94 bits per heavy atom. The molecule has 7 nitrogen and oxygen atoms in total. The molecule has 3 heterocycles. The number of anilines is 1. The Morgan fingerprint density at radius 1 is 1.14 bits per heavy atom. The monoisotopic (exact) mass is 502 g/mol. The Morgan fingerprint density at radius 3 is 2.69 bits per heavy atom. The van der Waals surface area contributed by atoms with Crippen LogP contribution in [0.3, 0.4) is 0 Å². The van der Waals surface area contributed by atoms with E-state index in [0.29, 0.717) is 24.2 Å². The third-order valence-corrected chi connectivity index (χ3v) is 8.13. The number of amides is 3. The fourth-order valence-corrected chi connectivity index (χ4v) is 5.90. The van der Waals surface area contributed by atoms with Crippen molar-refractivity contribution < 1.29 is 14.4 Å². The summed E-state index contributed by atoms with van der Waals surface area (Å²) in [5.41, 5.74) is 2.82. The van der Waals surface area contributed by atoms with Crippen LogP contribution in [-0.2, 0) is 11.2 Å². The summed E-state index contributed by atoms with van der Waals surface area (Å²) < 4.78 is 0. The number of hydrogen-bond donors (Lipinski definition) is 0. The van der Waals surface area contributed by atoms with Crippen LogP contribution in [0.5, 0.6) is 0 Å². The second-order valence-electron chi connectivity index (χ2n) is 9.51. The molecule has 8 heteroatoms. The summed E-state index contributed by atoms with van der Waals surface area (Å²) in [7, 11) is 1.87. The van der Waals surface area contributed by atoms with E-state index in [1.807, 2.05) is 54.6 Å². The van der Waals surface area contributed by atoms with Gasteiger partial charge in [-0.05, 0) is 43.9 Å². The van der Waals surface area contributed by atoms with E-state index < -0.39 is 6.04 Å². The molecule has 2 aromatic carbocycles. The number of nitrogens with zero attached hydrogens (tertiary/aromatic N) is 4. The van der Waals surface area contributed by atoms with Crippen LogP contribution in [0.25, 0.3) is 0 Å². The van der Waals surface area contributed by atoms with Crippen molar-refractivity contribution in [3.8, 4) is 0 Å². The fraction of sp³-hybridized carbons (Fsp3) is 0.357. The van der Waals surface area contributed by atoms with E-state index in [4.69, 9.17) is 0 Å². The number of piperidine rings is 1. The van der Waals surface area contributed by atoms with Gasteiger partial charge in [-0.25, -0.2) is 4.98 Å². The molecule has 3 aromatic rings. The number of benzene rings is 2. The van der Waals surface area contributed by atoms with Gasteiger partial charge in [0.1, 0.15) is 5.01 Å². The summed E-state index contributed by atoms with van der Waals surface area (Å²) in [6.07, 6.45) is 4.17. The van der Waals surface area contributed by atoms with Crippen LogP contribution < -0.4 is 4.90 Å².